The second-order valence-corrected chi connectivity index (χ2v) is 5.79. The third-order valence-corrected chi connectivity index (χ3v) is 4.30. The van der Waals surface area contributed by atoms with Crippen LogP contribution >= 0.6 is 0 Å². The molecule has 1 aliphatic heterocycles. The van der Waals surface area contributed by atoms with E-state index in [0.717, 1.165) is 4.57 Å². The third-order valence-electron chi connectivity index (χ3n) is 4.30. The van der Waals surface area contributed by atoms with Crippen molar-refractivity contribution in [2.24, 2.45) is 20.0 Å². The summed E-state index contributed by atoms with van der Waals surface area (Å²) >= 11 is 0. The maximum atomic E-state index is 12.0. The van der Waals surface area contributed by atoms with Crippen LogP contribution in [0.15, 0.2) is 15.7 Å². The molecule has 0 radical (unpaired) electrons. The van der Waals surface area contributed by atoms with Crippen LogP contribution in [0.1, 0.15) is 12.8 Å². The van der Waals surface area contributed by atoms with E-state index in [1.54, 1.807) is 14.2 Å². The van der Waals surface area contributed by atoms with Crippen LogP contribution < -0.4 is 21.5 Å². The fourth-order valence-electron chi connectivity index (χ4n) is 2.82. The molecule has 0 aliphatic carbocycles. The molecule has 1 N–H and O–H groups in total. The van der Waals surface area contributed by atoms with E-state index in [0.29, 0.717) is 44.9 Å². The molecule has 2 rings (SSSR count). The van der Waals surface area contributed by atoms with Crippen molar-refractivity contribution in [2.75, 3.05) is 38.3 Å². The Kier molecular flexibility index (Phi) is 5.59. The van der Waals surface area contributed by atoms with Gasteiger partial charge in [-0.3, -0.25) is 18.7 Å². The first-order valence-electron chi connectivity index (χ1n) is 7.74. The number of amides is 1. The van der Waals surface area contributed by atoms with Crippen LogP contribution in [0.5, 0.6) is 0 Å². The third kappa shape index (κ3) is 3.82. The molecule has 8 heteroatoms. The maximum absolute atomic E-state index is 12.0. The summed E-state index contributed by atoms with van der Waals surface area (Å²) in [6.45, 7) is 2.30. The maximum Gasteiger partial charge on any atom is 0.332 e. The van der Waals surface area contributed by atoms with E-state index in [2.05, 4.69) is 5.32 Å². The Bertz CT molecular complexity index is 671. The minimum absolute atomic E-state index is 0.0355. The van der Waals surface area contributed by atoms with Gasteiger partial charge >= 0.3 is 5.69 Å². The molecule has 8 nitrogen and oxygen atoms in total. The Balaban J connectivity index is 2.01. The zero-order valence-electron chi connectivity index (χ0n) is 13.9. The van der Waals surface area contributed by atoms with E-state index in [9.17, 15) is 14.4 Å². The Morgan fingerprint density at radius 1 is 1.26 bits per heavy atom. The van der Waals surface area contributed by atoms with Crippen molar-refractivity contribution in [3.05, 3.63) is 26.9 Å². The summed E-state index contributed by atoms with van der Waals surface area (Å²) in [7, 11) is 4.71. The molecular formula is C15H24N4O4. The number of methoxy groups -OCH3 is 1. The van der Waals surface area contributed by atoms with Crippen LogP contribution in [-0.4, -0.2) is 48.4 Å². The molecule has 0 spiro atoms. The second kappa shape index (κ2) is 7.45. The van der Waals surface area contributed by atoms with Gasteiger partial charge in [0.05, 0.1) is 6.61 Å². The fourth-order valence-corrected chi connectivity index (χ4v) is 2.82. The molecule has 0 aromatic carbocycles. The van der Waals surface area contributed by atoms with Gasteiger partial charge in [-0.25, -0.2) is 4.79 Å². The van der Waals surface area contributed by atoms with E-state index in [-0.39, 0.29) is 23.1 Å². The number of carbonyl (C=O) groups excluding carboxylic acids is 1. The van der Waals surface area contributed by atoms with Crippen molar-refractivity contribution in [3.63, 3.8) is 0 Å². The number of rotatable bonds is 5. The van der Waals surface area contributed by atoms with Gasteiger partial charge in [-0.05, 0) is 12.8 Å². The van der Waals surface area contributed by atoms with Crippen molar-refractivity contribution in [1.82, 2.24) is 14.5 Å². The number of piperidine rings is 1. The summed E-state index contributed by atoms with van der Waals surface area (Å²) in [5.74, 6) is 0.614. The first-order chi connectivity index (χ1) is 11.0. The largest absolute Gasteiger partial charge is 0.383 e. The lowest BCUT2D eigenvalue weighted by Gasteiger charge is -2.33. The summed E-state index contributed by atoms with van der Waals surface area (Å²) in [5.41, 5.74) is -0.658. The average molecular weight is 324 g/mol. The summed E-state index contributed by atoms with van der Waals surface area (Å²) in [5, 5.41) is 2.85. The Morgan fingerprint density at radius 3 is 2.52 bits per heavy atom. The van der Waals surface area contributed by atoms with Crippen molar-refractivity contribution in [1.29, 1.82) is 0 Å². The molecule has 1 fully saturated rings. The van der Waals surface area contributed by atoms with Gasteiger partial charge in [0.2, 0.25) is 5.91 Å². The molecule has 0 saturated carbocycles. The number of carbonyl (C=O) groups is 1. The van der Waals surface area contributed by atoms with E-state index in [1.165, 1.54) is 17.7 Å². The zero-order valence-corrected chi connectivity index (χ0v) is 13.9. The van der Waals surface area contributed by atoms with Gasteiger partial charge in [0.25, 0.3) is 5.56 Å². The summed E-state index contributed by atoms with van der Waals surface area (Å²) in [6, 6.07) is 1.47. The second-order valence-electron chi connectivity index (χ2n) is 5.79. The highest BCUT2D eigenvalue weighted by Crippen LogP contribution is 2.21. The quantitative estimate of drug-likeness (QED) is 0.707. The van der Waals surface area contributed by atoms with Crippen molar-refractivity contribution in [3.8, 4) is 0 Å². The Labute approximate surface area is 134 Å². The Morgan fingerprint density at radius 2 is 1.91 bits per heavy atom. The van der Waals surface area contributed by atoms with E-state index >= 15 is 0 Å². The van der Waals surface area contributed by atoms with Gasteiger partial charge < -0.3 is 15.0 Å². The van der Waals surface area contributed by atoms with E-state index < -0.39 is 0 Å². The molecule has 23 heavy (non-hydrogen) atoms. The van der Waals surface area contributed by atoms with Gasteiger partial charge in [0.15, 0.2) is 0 Å². The normalized spacial score (nSPS) is 15.7. The zero-order chi connectivity index (χ0) is 17.0. The SMILES string of the molecule is COCCNC(=O)C1CCN(c2cc(=O)n(C)c(=O)n2C)CC1. The molecule has 1 aliphatic rings. The van der Waals surface area contributed by atoms with Crippen LogP contribution in [0.3, 0.4) is 0 Å². The molecule has 0 atom stereocenters. The molecule has 0 unspecified atom stereocenters. The minimum atomic E-state index is -0.341. The van der Waals surface area contributed by atoms with Gasteiger partial charge in [0, 0.05) is 52.8 Å². The molecule has 1 aromatic heterocycles. The number of anilines is 1. The monoisotopic (exact) mass is 324 g/mol. The van der Waals surface area contributed by atoms with Crippen LogP contribution in [0, 0.1) is 5.92 Å². The minimum Gasteiger partial charge on any atom is -0.383 e. The highest BCUT2D eigenvalue weighted by Gasteiger charge is 2.26. The van der Waals surface area contributed by atoms with Gasteiger partial charge in [-0.2, -0.15) is 0 Å². The number of aromatic nitrogens is 2. The van der Waals surface area contributed by atoms with Crippen molar-refractivity contribution >= 4 is 11.7 Å². The van der Waals surface area contributed by atoms with Crippen LogP contribution in [-0.2, 0) is 23.6 Å². The predicted octanol–water partition coefficient (Wildman–Crippen LogP) is -0.937. The van der Waals surface area contributed by atoms with Crippen LogP contribution in [0.25, 0.3) is 0 Å². The lowest BCUT2D eigenvalue weighted by Crippen LogP contribution is -2.45. The van der Waals surface area contributed by atoms with Crippen LogP contribution in [0.4, 0.5) is 5.82 Å². The number of hydrogen-bond donors (Lipinski definition) is 1. The highest BCUT2D eigenvalue weighted by atomic mass is 16.5. The molecule has 2 heterocycles. The fraction of sp³-hybridized carbons (Fsp3) is 0.667. The summed E-state index contributed by atoms with van der Waals surface area (Å²) in [6.07, 6.45) is 1.39. The number of nitrogens with one attached hydrogen (secondary N) is 1. The van der Waals surface area contributed by atoms with E-state index in [1.807, 2.05) is 4.90 Å². The molecule has 1 saturated heterocycles. The number of ether oxygens (including phenoxy) is 1. The van der Waals surface area contributed by atoms with Gasteiger partial charge in [-0.15, -0.1) is 0 Å². The first kappa shape index (κ1) is 17.3. The molecule has 128 valence electrons. The summed E-state index contributed by atoms with van der Waals surface area (Å²) < 4.78 is 7.47. The lowest BCUT2D eigenvalue weighted by atomic mass is 9.96. The molecular weight excluding hydrogens is 300 g/mol. The highest BCUT2D eigenvalue weighted by molar-refractivity contribution is 5.78. The molecule has 1 aromatic rings. The average Bonchev–Trinajstić information content (AvgIpc) is 2.56. The number of hydrogen-bond acceptors (Lipinski definition) is 5. The van der Waals surface area contributed by atoms with Gasteiger partial charge in [-0.1, -0.05) is 0 Å². The van der Waals surface area contributed by atoms with E-state index in [4.69, 9.17) is 4.74 Å². The first-order valence-corrected chi connectivity index (χ1v) is 7.74. The number of nitrogens with zero attached hydrogens (tertiary/aromatic N) is 3. The van der Waals surface area contributed by atoms with Crippen molar-refractivity contribution < 1.29 is 9.53 Å². The van der Waals surface area contributed by atoms with Crippen LogP contribution in [0.2, 0.25) is 0 Å². The smallest absolute Gasteiger partial charge is 0.332 e. The topological polar surface area (TPSA) is 85.6 Å². The predicted molar refractivity (Wildman–Crippen MR) is 86.7 cm³/mol. The van der Waals surface area contributed by atoms with Crippen molar-refractivity contribution in [2.45, 2.75) is 12.8 Å². The molecule has 1 amide bonds. The lowest BCUT2D eigenvalue weighted by molar-refractivity contribution is -0.125. The van der Waals surface area contributed by atoms with Gasteiger partial charge in [0.1, 0.15) is 5.82 Å². The summed E-state index contributed by atoms with van der Waals surface area (Å²) in [4.78, 5) is 37.8. The molecule has 0 bridgehead atoms. The standard InChI is InChI=1S/C15H24N4O4/c1-17-12(10-13(20)18(2)15(17)22)19-7-4-11(5-8-19)14(21)16-6-9-23-3/h10-11H,4-9H2,1-3H3,(H,16,21). The Hall–Kier alpha value is -2.09.